The Kier molecular flexibility index (Phi) is 9.25. The predicted molar refractivity (Wildman–Crippen MR) is 139 cm³/mol. The number of ether oxygens (including phenoxy) is 2. The van der Waals surface area contributed by atoms with Crippen LogP contribution < -0.4 is 9.47 Å². The van der Waals surface area contributed by atoms with Crippen LogP contribution in [-0.4, -0.2) is 13.2 Å². The Morgan fingerprint density at radius 1 is 0.692 bits per heavy atom. The first kappa shape index (κ1) is 28.6. The van der Waals surface area contributed by atoms with Gasteiger partial charge in [0.1, 0.15) is 0 Å². The first-order chi connectivity index (χ1) is 18.8. The molecule has 0 aromatic heterocycles. The van der Waals surface area contributed by atoms with Gasteiger partial charge >= 0.3 is 0 Å². The summed E-state index contributed by atoms with van der Waals surface area (Å²) in [4.78, 5) is 0. The van der Waals surface area contributed by atoms with E-state index in [4.69, 9.17) is 9.47 Å². The Morgan fingerprint density at radius 3 is 1.95 bits per heavy atom. The normalized spacial score (nSPS) is 15.3. The summed E-state index contributed by atoms with van der Waals surface area (Å²) < 4.78 is 97.9. The highest BCUT2D eigenvalue weighted by Gasteiger charge is 2.24. The highest BCUT2D eigenvalue weighted by atomic mass is 19.2. The lowest BCUT2D eigenvalue weighted by atomic mass is 9.83. The van der Waals surface area contributed by atoms with Gasteiger partial charge in [0, 0.05) is 16.7 Å². The fraction of sp³-hybridized carbons (Fsp3) is 0.355. The third-order valence-electron chi connectivity index (χ3n) is 7.00. The lowest BCUT2D eigenvalue weighted by Gasteiger charge is -2.23. The van der Waals surface area contributed by atoms with E-state index in [1.807, 2.05) is 13.0 Å². The molecule has 208 valence electrons. The van der Waals surface area contributed by atoms with E-state index in [-0.39, 0.29) is 40.7 Å². The summed E-state index contributed by atoms with van der Waals surface area (Å²) in [7, 11) is 0. The number of allylic oxidation sites excluding steroid dienone is 2. The lowest BCUT2D eigenvalue weighted by molar-refractivity contribution is 0.294. The van der Waals surface area contributed by atoms with Gasteiger partial charge in [-0.25, -0.2) is 17.6 Å². The number of aryl methyl sites for hydroxylation is 1. The van der Waals surface area contributed by atoms with Crippen molar-refractivity contribution in [3.05, 3.63) is 88.5 Å². The molecule has 8 heteroatoms. The molecule has 0 saturated carbocycles. The molecule has 0 amide bonds. The van der Waals surface area contributed by atoms with E-state index in [1.165, 1.54) is 30.3 Å². The minimum atomic E-state index is -1.31. The molecule has 0 radical (unpaired) electrons. The molecule has 0 aliphatic heterocycles. The Bertz CT molecular complexity index is 1370. The third-order valence-corrected chi connectivity index (χ3v) is 7.00. The zero-order chi connectivity index (χ0) is 28.1. The number of halogens is 6. The molecule has 3 aromatic carbocycles. The van der Waals surface area contributed by atoms with Crippen molar-refractivity contribution in [3.63, 3.8) is 0 Å². The number of hydrogen-bond acceptors (Lipinski definition) is 2. The second-order valence-electron chi connectivity index (χ2n) is 9.57. The molecule has 0 N–H and O–H groups in total. The first-order valence-corrected chi connectivity index (χ1v) is 13.1. The molecule has 0 saturated heterocycles. The smallest absolute Gasteiger partial charge is 0.201 e. The van der Waals surface area contributed by atoms with Gasteiger partial charge in [-0.2, -0.15) is 8.78 Å². The summed E-state index contributed by atoms with van der Waals surface area (Å²) in [6, 6.07) is 7.92. The van der Waals surface area contributed by atoms with Crippen LogP contribution in [-0.2, 0) is 6.42 Å². The van der Waals surface area contributed by atoms with Gasteiger partial charge in [0.05, 0.1) is 13.2 Å². The molecule has 0 bridgehead atoms. The van der Waals surface area contributed by atoms with Crippen LogP contribution in [0.4, 0.5) is 26.3 Å². The summed E-state index contributed by atoms with van der Waals surface area (Å²) in [5.74, 6) is -7.09. The fourth-order valence-corrected chi connectivity index (χ4v) is 4.86. The molecule has 1 aliphatic rings. The average Bonchev–Trinajstić information content (AvgIpc) is 2.94. The second kappa shape index (κ2) is 12.6. The molecule has 0 spiro atoms. The molecule has 3 aromatic rings. The van der Waals surface area contributed by atoms with Gasteiger partial charge in [0.15, 0.2) is 34.8 Å². The second-order valence-corrected chi connectivity index (χ2v) is 9.57. The zero-order valence-electron chi connectivity index (χ0n) is 21.9. The monoisotopic (exact) mass is 548 g/mol. The molecule has 1 unspecified atom stereocenters. The van der Waals surface area contributed by atoms with Crippen molar-refractivity contribution in [1.29, 1.82) is 0 Å². The zero-order valence-corrected chi connectivity index (χ0v) is 21.9. The van der Waals surface area contributed by atoms with Crippen molar-refractivity contribution < 1.29 is 35.8 Å². The van der Waals surface area contributed by atoms with E-state index in [9.17, 15) is 17.6 Å². The molecule has 39 heavy (non-hydrogen) atoms. The summed E-state index contributed by atoms with van der Waals surface area (Å²) in [6.07, 6.45) is 5.14. The van der Waals surface area contributed by atoms with Crippen molar-refractivity contribution in [2.45, 2.75) is 52.4 Å². The Labute approximate surface area is 224 Å². The summed E-state index contributed by atoms with van der Waals surface area (Å²) in [5, 5.41) is 0. The van der Waals surface area contributed by atoms with Crippen LogP contribution in [0.15, 0.2) is 42.5 Å². The maximum Gasteiger partial charge on any atom is 0.201 e. The van der Waals surface area contributed by atoms with Gasteiger partial charge in [-0.05, 0) is 80.7 Å². The van der Waals surface area contributed by atoms with Gasteiger partial charge in [0.25, 0.3) is 0 Å². The van der Waals surface area contributed by atoms with Gasteiger partial charge in [-0.3, -0.25) is 0 Å². The predicted octanol–water partition coefficient (Wildman–Crippen LogP) is 9.19. The highest BCUT2D eigenvalue weighted by Crippen LogP contribution is 2.38. The first-order valence-electron chi connectivity index (χ1n) is 13.1. The van der Waals surface area contributed by atoms with Gasteiger partial charge < -0.3 is 9.47 Å². The Hall–Kier alpha value is -3.42. The van der Waals surface area contributed by atoms with E-state index < -0.39 is 40.5 Å². The highest BCUT2D eigenvalue weighted by molar-refractivity contribution is 5.72. The van der Waals surface area contributed by atoms with Crippen LogP contribution in [0.1, 0.15) is 57.1 Å². The summed E-state index contributed by atoms with van der Waals surface area (Å²) in [5.41, 5.74) is 0.169. The van der Waals surface area contributed by atoms with Crippen molar-refractivity contribution in [1.82, 2.24) is 0 Å². The fourth-order valence-electron chi connectivity index (χ4n) is 4.86. The number of rotatable bonds is 10. The number of hydrogen-bond donors (Lipinski definition) is 0. The van der Waals surface area contributed by atoms with E-state index in [1.54, 1.807) is 6.92 Å². The Morgan fingerprint density at radius 2 is 1.28 bits per heavy atom. The quantitative estimate of drug-likeness (QED) is 0.235. The average molecular weight is 549 g/mol. The minimum Gasteiger partial charge on any atom is -0.491 e. The van der Waals surface area contributed by atoms with Crippen LogP contribution in [0, 0.1) is 40.8 Å². The topological polar surface area (TPSA) is 18.5 Å². The SMILES string of the molecule is CCCOc1ccc(CCC2CC=C(c3ccc(-c4ccc(OCC)c(F)c4F)c(F)c3F)CC2)c(F)c1F. The minimum absolute atomic E-state index is 0.0669. The van der Waals surface area contributed by atoms with E-state index >= 15 is 8.78 Å². The van der Waals surface area contributed by atoms with Crippen molar-refractivity contribution in [2.24, 2.45) is 5.92 Å². The van der Waals surface area contributed by atoms with Crippen molar-refractivity contribution in [2.75, 3.05) is 13.2 Å². The standard InChI is InChI=1S/C31H30F6O2/c1-3-17-39-25-15-11-20(26(32)30(25)36)10-7-18-5-8-19(9-6-18)21-12-13-22(28(34)27(21)33)23-14-16-24(38-4-2)31(37)29(23)35/h8,11-16,18H,3-7,9-10,17H2,1-2H3. The van der Waals surface area contributed by atoms with Gasteiger partial charge in [-0.15, -0.1) is 0 Å². The molecule has 2 nitrogen and oxygen atoms in total. The maximum atomic E-state index is 15.1. The van der Waals surface area contributed by atoms with Crippen LogP contribution >= 0.6 is 0 Å². The van der Waals surface area contributed by atoms with E-state index in [0.717, 1.165) is 6.07 Å². The van der Waals surface area contributed by atoms with Crippen molar-refractivity contribution >= 4 is 5.57 Å². The van der Waals surface area contributed by atoms with Crippen molar-refractivity contribution in [3.8, 4) is 22.6 Å². The molecule has 1 aliphatic carbocycles. The summed E-state index contributed by atoms with van der Waals surface area (Å²) >= 11 is 0. The summed E-state index contributed by atoms with van der Waals surface area (Å²) in [6.45, 7) is 3.92. The van der Waals surface area contributed by atoms with Crippen LogP contribution in [0.5, 0.6) is 11.5 Å². The Balaban J connectivity index is 1.45. The largest absolute Gasteiger partial charge is 0.491 e. The third kappa shape index (κ3) is 6.10. The molecule has 0 fully saturated rings. The maximum absolute atomic E-state index is 15.1. The van der Waals surface area contributed by atoms with Gasteiger partial charge in [0.2, 0.25) is 11.6 Å². The lowest BCUT2D eigenvalue weighted by Crippen LogP contribution is -2.09. The van der Waals surface area contributed by atoms with Crippen LogP contribution in [0.25, 0.3) is 16.7 Å². The van der Waals surface area contributed by atoms with E-state index in [2.05, 4.69) is 0 Å². The molecule has 0 heterocycles. The van der Waals surface area contributed by atoms with E-state index in [0.29, 0.717) is 50.7 Å². The molecule has 4 rings (SSSR count). The molecular weight excluding hydrogens is 518 g/mol. The van der Waals surface area contributed by atoms with Crippen LogP contribution in [0.3, 0.4) is 0 Å². The molecular formula is C31H30F6O2. The van der Waals surface area contributed by atoms with Gasteiger partial charge in [-0.1, -0.05) is 31.2 Å². The number of benzene rings is 3. The molecule has 1 atom stereocenters. The van der Waals surface area contributed by atoms with Crippen LogP contribution in [0.2, 0.25) is 0 Å².